The average molecular weight is 1100 g/mol. The second kappa shape index (κ2) is 67.6. The molecule has 0 rings (SSSR count). The number of allylic oxidation sites excluding steroid dienone is 5. The Morgan fingerprint density at radius 3 is 0.910 bits per heavy atom. The number of carbonyl (C=O) groups is 2. The fourth-order valence-corrected chi connectivity index (χ4v) is 11.0. The first kappa shape index (κ1) is 76.1. The molecular formula is C72H137NO5. The van der Waals surface area contributed by atoms with E-state index in [2.05, 4.69) is 43.5 Å². The van der Waals surface area contributed by atoms with Gasteiger partial charge in [-0.05, 0) is 83.5 Å². The molecule has 0 aromatic rings. The first-order valence-corrected chi connectivity index (χ1v) is 35.3. The van der Waals surface area contributed by atoms with Gasteiger partial charge in [0.15, 0.2) is 0 Å². The van der Waals surface area contributed by atoms with Crippen molar-refractivity contribution >= 4 is 11.9 Å². The number of unbranched alkanes of at least 4 members (excludes halogenated alkanes) is 51. The number of ether oxygens (including phenoxy) is 1. The highest BCUT2D eigenvalue weighted by Gasteiger charge is 2.18. The summed E-state index contributed by atoms with van der Waals surface area (Å²) in [5.41, 5.74) is 0. The summed E-state index contributed by atoms with van der Waals surface area (Å²) < 4.78 is 5.49. The number of aliphatic hydroxyl groups excluding tert-OH is 2. The molecule has 6 heteroatoms. The maximum absolute atomic E-state index is 12.5. The van der Waals surface area contributed by atoms with Crippen molar-refractivity contribution in [2.24, 2.45) is 0 Å². The second-order valence-electron chi connectivity index (χ2n) is 24.2. The van der Waals surface area contributed by atoms with Crippen LogP contribution in [0.3, 0.4) is 0 Å². The van der Waals surface area contributed by atoms with Gasteiger partial charge in [0.25, 0.3) is 0 Å². The molecule has 0 aliphatic carbocycles. The smallest absolute Gasteiger partial charge is 0.305 e. The van der Waals surface area contributed by atoms with Crippen molar-refractivity contribution in [3.05, 3.63) is 36.5 Å². The zero-order valence-electron chi connectivity index (χ0n) is 52.7. The summed E-state index contributed by atoms with van der Waals surface area (Å²) in [4.78, 5) is 24.6. The number of rotatable bonds is 66. The molecule has 0 fully saturated rings. The second-order valence-corrected chi connectivity index (χ2v) is 24.2. The van der Waals surface area contributed by atoms with Crippen LogP contribution in [0.25, 0.3) is 0 Å². The van der Waals surface area contributed by atoms with E-state index in [4.69, 9.17) is 4.74 Å². The molecule has 0 aliphatic heterocycles. The predicted octanol–water partition coefficient (Wildman–Crippen LogP) is 22.7. The van der Waals surface area contributed by atoms with Crippen LogP contribution in [-0.2, 0) is 14.3 Å². The number of carbonyl (C=O) groups excluding carboxylic acids is 2. The maximum atomic E-state index is 12.5. The third-order valence-corrected chi connectivity index (χ3v) is 16.4. The van der Waals surface area contributed by atoms with Crippen molar-refractivity contribution in [2.75, 3.05) is 13.2 Å². The fraction of sp³-hybridized carbons (Fsp3) is 0.889. The van der Waals surface area contributed by atoms with Gasteiger partial charge in [-0.1, -0.05) is 326 Å². The number of amides is 1. The van der Waals surface area contributed by atoms with E-state index in [1.54, 1.807) is 6.08 Å². The maximum Gasteiger partial charge on any atom is 0.305 e. The number of hydrogen-bond acceptors (Lipinski definition) is 5. The van der Waals surface area contributed by atoms with Crippen molar-refractivity contribution in [1.82, 2.24) is 5.32 Å². The van der Waals surface area contributed by atoms with Crippen LogP contribution in [-0.4, -0.2) is 47.4 Å². The van der Waals surface area contributed by atoms with Crippen molar-refractivity contribution in [3.8, 4) is 0 Å². The molecule has 2 atom stereocenters. The molecule has 0 saturated carbocycles. The summed E-state index contributed by atoms with van der Waals surface area (Å²) >= 11 is 0. The molecular weight excluding hydrogens is 959 g/mol. The molecule has 0 aromatic heterocycles. The molecule has 0 bridgehead atoms. The summed E-state index contributed by atoms with van der Waals surface area (Å²) in [5, 5.41) is 23.3. The predicted molar refractivity (Wildman–Crippen MR) is 343 cm³/mol. The Morgan fingerprint density at radius 2 is 0.603 bits per heavy atom. The highest BCUT2D eigenvalue weighted by Crippen LogP contribution is 2.18. The van der Waals surface area contributed by atoms with Gasteiger partial charge in [-0.3, -0.25) is 9.59 Å². The van der Waals surface area contributed by atoms with Crippen LogP contribution in [0, 0.1) is 0 Å². The van der Waals surface area contributed by atoms with Crippen LogP contribution in [0.15, 0.2) is 36.5 Å². The Hall–Kier alpha value is -1.92. The third kappa shape index (κ3) is 63.3. The molecule has 78 heavy (non-hydrogen) atoms. The number of hydrogen-bond donors (Lipinski definition) is 3. The molecule has 0 heterocycles. The van der Waals surface area contributed by atoms with E-state index in [9.17, 15) is 19.8 Å². The van der Waals surface area contributed by atoms with E-state index in [0.717, 1.165) is 51.4 Å². The molecule has 460 valence electrons. The van der Waals surface area contributed by atoms with E-state index >= 15 is 0 Å². The normalized spacial score (nSPS) is 12.7. The summed E-state index contributed by atoms with van der Waals surface area (Å²) in [7, 11) is 0. The van der Waals surface area contributed by atoms with Crippen LogP contribution in [0.1, 0.15) is 386 Å². The van der Waals surface area contributed by atoms with Crippen molar-refractivity contribution < 1.29 is 24.5 Å². The Kier molecular flexibility index (Phi) is 65.9. The van der Waals surface area contributed by atoms with Gasteiger partial charge in [-0.2, -0.15) is 0 Å². The average Bonchev–Trinajstić information content (AvgIpc) is 3.44. The van der Waals surface area contributed by atoms with Crippen molar-refractivity contribution in [3.63, 3.8) is 0 Å². The molecule has 6 nitrogen and oxygen atoms in total. The topological polar surface area (TPSA) is 95.9 Å². The van der Waals surface area contributed by atoms with E-state index in [-0.39, 0.29) is 18.5 Å². The lowest BCUT2D eigenvalue weighted by Crippen LogP contribution is -2.45. The third-order valence-electron chi connectivity index (χ3n) is 16.4. The van der Waals surface area contributed by atoms with E-state index in [0.29, 0.717) is 19.4 Å². The fourth-order valence-electron chi connectivity index (χ4n) is 11.0. The summed E-state index contributed by atoms with van der Waals surface area (Å²) in [6, 6.07) is -0.636. The lowest BCUT2D eigenvalue weighted by molar-refractivity contribution is -0.143. The molecule has 0 saturated heterocycles. The van der Waals surface area contributed by atoms with Gasteiger partial charge in [0.05, 0.1) is 25.4 Å². The molecule has 0 radical (unpaired) electrons. The van der Waals surface area contributed by atoms with Gasteiger partial charge in [0.1, 0.15) is 0 Å². The van der Waals surface area contributed by atoms with E-state index in [1.807, 2.05) is 6.08 Å². The van der Waals surface area contributed by atoms with Crippen molar-refractivity contribution in [1.29, 1.82) is 0 Å². The van der Waals surface area contributed by atoms with E-state index < -0.39 is 12.1 Å². The SMILES string of the molecule is CCCCCCCCC/C=C\CCCCCCCC(=O)OCCCCCCCCCCCC/C=C\CCCCCCCCCC(=O)NC(CO)C(O)/C=C/CCCCCCCCCCCCCCCCCCCCCCCC. The Balaban J connectivity index is 3.45. The molecule has 3 N–H and O–H groups in total. The Bertz CT molecular complexity index is 1260. The van der Waals surface area contributed by atoms with Gasteiger partial charge in [-0.25, -0.2) is 0 Å². The van der Waals surface area contributed by atoms with Crippen molar-refractivity contribution in [2.45, 2.75) is 398 Å². The number of esters is 1. The van der Waals surface area contributed by atoms with Crippen LogP contribution in [0.5, 0.6) is 0 Å². The molecule has 2 unspecified atom stereocenters. The van der Waals surface area contributed by atoms with Crippen LogP contribution < -0.4 is 5.32 Å². The lowest BCUT2D eigenvalue weighted by atomic mass is 10.0. The quantitative estimate of drug-likeness (QED) is 0.0320. The largest absolute Gasteiger partial charge is 0.466 e. The zero-order valence-corrected chi connectivity index (χ0v) is 52.7. The van der Waals surface area contributed by atoms with Gasteiger partial charge in [0.2, 0.25) is 5.91 Å². The standard InChI is InChI=1S/C72H137NO5/c1-3-5-7-9-11-13-15-17-19-21-22-23-24-25-27-30-33-36-40-44-48-52-56-60-64-70(75)69(68-74)73-71(76)65-61-57-53-49-45-41-37-34-31-28-26-29-32-35-39-43-47-51-55-59-63-67-78-72(77)66-62-58-54-50-46-42-38-20-18-16-14-12-10-8-6-4-2/h20,28,31,38,60,64,69-70,74-75H,3-19,21-27,29-30,32-37,39-59,61-63,65-68H2,1-2H3,(H,73,76)/b31-28-,38-20-,64-60+. The monoisotopic (exact) mass is 1100 g/mol. The van der Waals surface area contributed by atoms with Gasteiger partial charge in [-0.15, -0.1) is 0 Å². The Labute approximate surface area is 487 Å². The summed E-state index contributed by atoms with van der Waals surface area (Å²) in [6.07, 6.45) is 86.4. The van der Waals surface area contributed by atoms with Crippen LogP contribution >= 0.6 is 0 Å². The first-order chi connectivity index (χ1) is 38.5. The highest BCUT2D eigenvalue weighted by molar-refractivity contribution is 5.76. The zero-order chi connectivity index (χ0) is 56.4. The van der Waals surface area contributed by atoms with Gasteiger partial charge < -0.3 is 20.3 Å². The summed E-state index contributed by atoms with van der Waals surface area (Å²) in [6.45, 7) is 4.92. The molecule has 0 aromatic carbocycles. The Morgan fingerprint density at radius 1 is 0.346 bits per heavy atom. The molecule has 1 amide bonds. The summed E-state index contributed by atoms with van der Waals surface area (Å²) in [5.74, 6) is -0.0713. The van der Waals surface area contributed by atoms with Crippen LogP contribution in [0.4, 0.5) is 0 Å². The minimum atomic E-state index is -0.851. The van der Waals surface area contributed by atoms with Gasteiger partial charge >= 0.3 is 5.97 Å². The highest BCUT2D eigenvalue weighted by atomic mass is 16.5. The lowest BCUT2D eigenvalue weighted by Gasteiger charge is -2.20. The minimum Gasteiger partial charge on any atom is -0.466 e. The first-order valence-electron chi connectivity index (χ1n) is 35.3. The van der Waals surface area contributed by atoms with Crippen LogP contribution in [0.2, 0.25) is 0 Å². The van der Waals surface area contributed by atoms with Gasteiger partial charge in [0, 0.05) is 12.8 Å². The molecule has 0 aliphatic rings. The number of nitrogens with one attached hydrogen (secondary N) is 1. The van der Waals surface area contributed by atoms with E-state index in [1.165, 1.54) is 308 Å². The number of aliphatic hydroxyl groups is 2. The minimum absolute atomic E-state index is 0.000834. The molecule has 0 spiro atoms.